The highest BCUT2D eigenvalue weighted by atomic mass is 16.4. The summed E-state index contributed by atoms with van der Waals surface area (Å²) >= 11 is 0. The SMILES string of the molecule is CCC(C)(C)CNC(=O)NC(C)(C(=O)O)C1CC1. The van der Waals surface area contributed by atoms with Crippen LogP contribution in [0.2, 0.25) is 0 Å². The first kappa shape index (κ1) is 14.8. The van der Waals surface area contributed by atoms with Crippen LogP contribution in [0.25, 0.3) is 0 Å². The molecule has 1 saturated carbocycles. The zero-order valence-corrected chi connectivity index (χ0v) is 11.7. The minimum Gasteiger partial charge on any atom is -0.480 e. The molecule has 0 aromatic carbocycles. The van der Waals surface area contributed by atoms with Crippen molar-refractivity contribution in [2.45, 2.75) is 52.5 Å². The molecule has 1 unspecified atom stereocenters. The summed E-state index contributed by atoms with van der Waals surface area (Å²) in [5, 5.41) is 14.6. The van der Waals surface area contributed by atoms with E-state index >= 15 is 0 Å². The summed E-state index contributed by atoms with van der Waals surface area (Å²) in [6, 6.07) is -0.395. The third-order valence-electron chi connectivity index (χ3n) is 3.90. The van der Waals surface area contributed by atoms with Crippen LogP contribution in [0.5, 0.6) is 0 Å². The average Bonchev–Trinajstić information content (AvgIpc) is 3.10. The molecule has 0 bridgehead atoms. The van der Waals surface area contributed by atoms with Crippen molar-refractivity contribution in [2.24, 2.45) is 11.3 Å². The highest BCUT2D eigenvalue weighted by Crippen LogP contribution is 2.39. The second-order valence-corrected chi connectivity index (χ2v) is 6.11. The van der Waals surface area contributed by atoms with Crippen molar-refractivity contribution in [1.82, 2.24) is 10.6 Å². The topological polar surface area (TPSA) is 78.4 Å². The van der Waals surface area contributed by atoms with Gasteiger partial charge in [0, 0.05) is 6.54 Å². The number of nitrogens with one attached hydrogen (secondary N) is 2. The van der Waals surface area contributed by atoms with E-state index in [9.17, 15) is 14.7 Å². The van der Waals surface area contributed by atoms with Gasteiger partial charge in [-0.15, -0.1) is 0 Å². The summed E-state index contributed by atoms with van der Waals surface area (Å²) in [6.07, 6.45) is 2.68. The fourth-order valence-electron chi connectivity index (χ4n) is 1.72. The van der Waals surface area contributed by atoms with E-state index in [-0.39, 0.29) is 11.3 Å². The highest BCUT2D eigenvalue weighted by molar-refractivity contribution is 5.86. The number of carbonyl (C=O) groups is 2. The maximum atomic E-state index is 11.8. The molecule has 5 nitrogen and oxygen atoms in total. The standard InChI is InChI=1S/C13H24N2O3/c1-5-12(2,3)8-14-11(18)15-13(4,10(16)17)9-6-7-9/h9H,5-8H2,1-4H3,(H,16,17)(H2,14,15,18). The fraction of sp³-hybridized carbons (Fsp3) is 0.846. The molecular weight excluding hydrogens is 232 g/mol. The number of carboxylic acid groups (broad SMARTS) is 1. The first-order chi connectivity index (χ1) is 8.21. The molecule has 1 aliphatic rings. The maximum Gasteiger partial charge on any atom is 0.329 e. The van der Waals surface area contributed by atoms with Crippen molar-refractivity contribution in [3.63, 3.8) is 0 Å². The molecule has 0 spiro atoms. The van der Waals surface area contributed by atoms with Gasteiger partial charge in [0.2, 0.25) is 0 Å². The molecule has 18 heavy (non-hydrogen) atoms. The van der Waals surface area contributed by atoms with E-state index in [0.29, 0.717) is 6.54 Å². The molecular formula is C13H24N2O3. The number of hydrogen-bond donors (Lipinski definition) is 3. The summed E-state index contributed by atoms with van der Waals surface area (Å²) in [5.41, 5.74) is -1.11. The van der Waals surface area contributed by atoms with Gasteiger partial charge in [0.1, 0.15) is 5.54 Å². The second-order valence-electron chi connectivity index (χ2n) is 6.11. The van der Waals surface area contributed by atoms with E-state index in [4.69, 9.17) is 0 Å². The average molecular weight is 256 g/mol. The van der Waals surface area contributed by atoms with E-state index in [1.807, 2.05) is 0 Å². The molecule has 2 amide bonds. The smallest absolute Gasteiger partial charge is 0.329 e. The van der Waals surface area contributed by atoms with Crippen LogP contribution in [-0.4, -0.2) is 29.2 Å². The number of urea groups is 1. The monoisotopic (exact) mass is 256 g/mol. The molecule has 5 heteroatoms. The van der Waals surface area contributed by atoms with Gasteiger partial charge < -0.3 is 15.7 Å². The molecule has 0 saturated heterocycles. The Morgan fingerprint density at radius 2 is 1.83 bits per heavy atom. The van der Waals surface area contributed by atoms with Gasteiger partial charge in [0.05, 0.1) is 0 Å². The van der Waals surface area contributed by atoms with E-state index in [1.165, 1.54) is 0 Å². The molecule has 0 heterocycles. The molecule has 1 atom stereocenters. The molecule has 1 fully saturated rings. The van der Waals surface area contributed by atoms with Crippen molar-refractivity contribution >= 4 is 12.0 Å². The van der Waals surface area contributed by atoms with Gasteiger partial charge in [-0.3, -0.25) is 0 Å². The van der Waals surface area contributed by atoms with E-state index in [2.05, 4.69) is 31.4 Å². The normalized spacial score (nSPS) is 18.9. The Balaban J connectivity index is 2.50. The van der Waals surface area contributed by atoms with Crippen LogP contribution >= 0.6 is 0 Å². The molecule has 0 aromatic rings. The Hall–Kier alpha value is -1.26. The van der Waals surface area contributed by atoms with Gasteiger partial charge in [-0.05, 0) is 37.5 Å². The molecule has 0 radical (unpaired) electrons. The quantitative estimate of drug-likeness (QED) is 0.680. The molecule has 0 aromatic heterocycles. The number of carbonyl (C=O) groups excluding carboxylic acids is 1. The highest BCUT2D eigenvalue weighted by Gasteiger charge is 2.48. The van der Waals surface area contributed by atoms with Crippen molar-refractivity contribution < 1.29 is 14.7 Å². The number of carboxylic acids is 1. The lowest BCUT2D eigenvalue weighted by atomic mass is 9.90. The van der Waals surface area contributed by atoms with Crippen LogP contribution < -0.4 is 10.6 Å². The lowest BCUT2D eigenvalue weighted by Gasteiger charge is -2.28. The molecule has 104 valence electrons. The van der Waals surface area contributed by atoms with Crippen LogP contribution in [0.4, 0.5) is 4.79 Å². The van der Waals surface area contributed by atoms with Crippen molar-refractivity contribution in [3.8, 4) is 0 Å². The van der Waals surface area contributed by atoms with Gasteiger partial charge in [-0.25, -0.2) is 9.59 Å². The third-order valence-corrected chi connectivity index (χ3v) is 3.90. The minimum absolute atomic E-state index is 0.0244. The molecule has 0 aliphatic heterocycles. The number of rotatable bonds is 6. The van der Waals surface area contributed by atoms with Gasteiger partial charge in [-0.2, -0.15) is 0 Å². The summed E-state index contributed by atoms with van der Waals surface area (Å²) in [5.74, 6) is -0.908. The summed E-state index contributed by atoms with van der Waals surface area (Å²) < 4.78 is 0. The van der Waals surface area contributed by atoms with Crippen LogP contribution in [0.15, 0.2) is 0 Å². The van der Waals surface area contributed by atoms with E-state index in [0.717, 1.165) is 19.3 Å². The van der Waals surface area contributed by atoms with E-state index < -0.39 is 17.5 Å². The van der Waals surface area contributed by atoms with Crippen molar-refractivity contribution in [2.75, 3.05) is 6.54 Å². The molecule has 3 N–H and O–H groups in total. The molecule has 1 rings (SSSR count). The van der Waals surface area contributed by atoms with Crippen molar-refractivity contribution in [3.05, 3.63) is 0 Å². The van der Waals surface area contributed by atoms with Crippen LogP contribution in [0, 0.1) is 11.3 Å². The minimum atomic E-state index is -1.14. The first-order valence-corrected chi connectivity index (χ1v) is 6.50. The van der Waals surface area contributed by atoms with E-state index in [1.54, 1.807) is 6.92 Å². The second kappa shape index (κ2) is 5.16. The van der Waals surface area contributed by atoms with Crippen LogP contribution in [0.1, 0.15) is 47.0 Å². The van der Waals surface area contributed by atoms with Gasteiger partial charge in [-0.1, -0.05) is 20.8 Å². The van der Waals surface area contributed by atoms with Gasteiger partial charge >= 0.3 is 12.0 Å². The fourth-order valence-corrected chi connectivity index (χ4v) is 1.72. The Bertz CT molecular complexity index is 337. The Labute approximate surface area is 108 Å². The zero-order valence-electron chi connectivity index (χ0n) is 11.7. The zero-order chi connectivity index (χ0) is 14.0. The Morgan fingerprint density at radius 3 is 2.22 bits per heavy atom. The summed E-state index contributed by atoms with van der Waals surface area (Å²) in [6.45, 7) is 8.30. The van der Waals surface area contributed by atoms with Crippen LogP contribution in [0.3, 0.4) is 0 Å². The predicted molar refractivity (Wildman–Crippen MR) is 69.4 cm³/mol. The summed E-state index contributed by atoms with van der Waals surface area (Å²) in [7, 11) is 0. The predicted octanol–water partition coefficient (Wildman–Crippen LogP) is 1.98. The first-order valence-electron chi connectivity index (χ1n) is 6.50. The number of amides is 2. The van der Waals surface area contributed by atoms with Gasteiger partial charge in [0.15, 0.2) is 0 Å². The lowest BCUT2D eigenvalue weighted by molar-refractivity contribution is -0.144. The lowest BCUT2D eigenvalue weighted by Crippen LogP contribution is -2.57. The third kappa shape index (κ3) is 3.62. The Morgan fingerprint density at radius 1 is 1.28 bits per heavy atom. The van der Waals surface area contributed by atoms with Crippen LogP contribution in [-0.2, 0) is 4.79 Å². The molecule has 1 aliphatic carbocycles. The number of aliphatic carboxylic acids is 1. The maximum absolute atomic E-state index is 11.8. The number of hydrogen-bond acceptors (Lipinski definition) is 2. The largest absolute Gasteiger partial charge is 0.480 e. The Kier molecular flexibility index (Phi) is 4.24. The summed E-state index contributed by atoms with van der Waals surface area (Å²) in [4.78, 5) is 23.0. The van der Waals surface area contributed by atoms with Gasteiger partial charge in [0.25, 0.3) is 0 Å². The van der Waals surface area contributed by atoms with Crippen molar-refractivity contribution in [1.29, 1.82) is 0 Å².